The minimum Gasteiger partial charge on any atom is -0.481 e. The topological polar surface area (TPSA) is 87.5 Å². The third-order valence-corrected chi connectivity index (χ3v) is 7.05. The predicted octanol–water partition coefficient (Wildman–Crippen LogP) is 5.88. The second-order valence-corrected chi connectivity index (χ2v) is 9.29. The number of pyridine rings is 1. The van der Waals surface area contributed by atoms with Crippen molar-refractivity contribution in [2.24, 2.45) is 11.8 Å². The fraction of sp³-hybridized carbons (Fsp3) is 0.250. The Bertz CT molecular complexity index is 1320. The number of fused-ring (bicyclic) bond motifs is 5. The van der Waals surface area contributed by atoms with Gasteiger partial charge in [0.2, 0.25) is 0 Å². The highest BCUT2D eigenvalue weighted by atomic mass is 16.4. The number of aliphatic carboxylic acids is 2. The number of carboxylic acid groups (broad SMARTS) is 2. The lowest BCUT2D eigenvalue weighted by molar-refractivity contribution is -0.142. The van der Waals surface area contributed by atoms with Crippen LogP contribution in [0.4, 0.5) is 0 Å². The van der Waals surface area contributed by atoms with Gasteiger partial charge in [0.1, 0.15) is 0 Å². The molecule has 0 spiro atoms. The molecule has 3 aromatic carbocycles. The van der Waals surface area contributed by atoms with E-state index in [1.54, 1.807) is 13.8 Å². The van der Waals surface area contributed by atoms with E-state index in [2.05, 4.69) is 24.3 Å². The SMILES string of the molecule is CC(CC1(CC(C)C(=O)O)c2cc3ccccc3cc2-c2nc3ccccc3cc21)C(=O)O. The molecule has 5 rings (SSSR count). The molecule has 2 atom stereocenters. The smallest absolute Gasteiger partial charge is 0.306 e. The molecule has 1 aliphatic carbocycles. The van der Waals surface area contributed by atoms with Crippen LogP contribution < -0.4 is 0 Å². The number of carbonyl (C=O) groups is 2. The molecule has 2 N–H and O–H groups in total. The average Bonchev–Trinajstić information content (AvgIpc) is 3.04. The highest BCUT2D eigenvalue weighted by Gasteiger charge is 2.47. The van der Waals surface area contributed by atoms with Crippen LogP contribution in [0.5, 0.6) is 0 Å². The lowest BCUT2D eigenvalue weighted by Gasteiger charge is -2.35. The maximum atomic E-state index is 12.0. The molecule has 1 aromatic heterocycles. The summed E-state index contributed by atoms with van der Waals surface area (Å²) in [4.78, 5) is 28.9. The molecular formula is C28H25NO4. The number of benzene rings is 3. The summed E-state index contributed by atoms with van der Waals surface area (Å²) in [6.45, 7) is 3.39. The van der Waals surface area contributed by atoms with Crippen molar-refractivity contribution in [2.75, 3.05) is 0 Å². The van der Waals surface area contributed by atoms with Gasteiger partial charge in [-0.2, -0.15) is 0 Å². The third kappa shape index (κ3) is 3.35. The third-order valence-electron chi connectivity index (χ3n) is 7.05. The van der Waals surface area contributed by atoms with Crippen molar-refractivity contribution in [1.29, 1.82) is 0 Å². The van der Waals surface area contributed by atoms with E-state index < -0.39 is 29.2 Å². The molecule has 0 amide bonds. The Hall–Kier alpha value is -3.73. The normalized spacial score (nSPS) is 18.6. The van der Waals surface area contributed by atoms with E-state index in [9.17, 15) is 19.8 Å². The Labute approximate surface area is 191 Å². The van der Waals surface area contributed by atoms with Crippen LogP contribution in [-0.2, 0) is 15.0 Å². The fourth-order valence-electron chi connectivity index (χ4n) is 5.41. The average molecular weight is 440 g/mol. The van der Waals surface area contributed by atoms with Crippen LogP contribution in [0.1, 0.15) is 37.8 Å². The Morgan fingerprint density at radius 1 is 0.788 bits per heavy atom. The molecule has 0 radical (unpaired) electrons. The Balaban J connectivity index is 1.87. The predicted molar refractivity (Wildman–Crippen MR) is 128 cm³/mol. The van der Waals surface area contributed by atoms with Crippen molar-refractivity contribution in [3.05, 3.63) is 77.9 Å². The summed E-state index contributed by atoms with van der Waals surface area (Å²) >= 11 is 0. The molecule has 5 heteroatoms. The van der Waals surface area contributed by atoms with Gasteiger partial charge in [0.25, 0.3) is 0 Å². The number of nitrogens with zero attached hydrogens (tertiary/aromatic N) is 1. The van der Waals surface area contributed by atoms with E-state index in [-0.39, 0.29) is 0 Å². The molecule has 33 heavy (non-hydrogen) atoms. The largest absolute Gasteiger partial charge is 0.481 e. The van der Waals surface area contributed by atoms with Crippen molar-refractivity contribution in [3.8, 4) is 11.3 Å². The van der Waals surface area contributed by atoms with Gasteiger partial charge < -0.3 is 10.2 Å². The number of hydrogen-bond acceptors (Lipinski definition) is 3. The standard InChI is InChI=1S/C28H25NO4/c1-16(26(30)31)14-28(15-17(2)27(32)33)22-12-19-8-4-3-7-18(19)11-21(22)25-23(28)13-20-9-5-6-10-24(20)29-25/h3-13,16-17H,14-15H2,1-2H3,(H,30,31)(H,32,33). The van der Waals surface area contributed by atoms with Crippen LogP contribution >= 0.6 is 0 Å². The van der Waals surface area contributed by atoms with Gasteiger partial charge in [-0.05, 0) is 59.0 Å². The van der Waals surface area contributed by atoms with Gasteiger partial charge in [0.15, 0.2) is 0 Å². The van der Waals surface area contributed by atoms with Gasteiger partial charge in [-0.1, -0.05) is 56.3 Å². The van der Waals surface area contributed by atoms with Crippen LogP contribution in [0.2, 0.25) is 0 Å². The second kappa shape index (κ2) is 7.69. The first kappa shape index (κ1) is 21.1. The lowest BCUT2D eigenvalue weighted by Crippen LogP contribution is -2.34. The Morgan fingerprint density at radius 3 is 1.91 bits per heavy atom. The zero-order valence-electron chi connectivity index (χ0n) is 18.6. The summed E-state index contributed by atoms with van der Waals surface area (Å²) < 4.78 is 0. The van der Waals surface area contributed by atoms with Crippen molar-refractivity contribution < 1.29 is 19.8 Å². The second-order valence-electron chi connectivity index (χ2n) is 9.29. The number of hydrogen-bond donors (Lipinski definition) is 2. The molecule has 5 nitrogen and oxygen atoms in total. The van der Waals surface area contributed by atoms with Crippen LogP contribution in [-0.4, -0.2) is 27.1 Å². The summed E-state index contributed by atoms with van der Waals surface area (Å²) in [5.41, 5.74) is 3.78. The van der Waals surface area contributed by atoms with Crippen molar-refractivity contribution >= 4 is 33.6 Å². The van der Waals surface area contributed by atoms with Crippen molar-refractivity contribution in [2.45, 2.75) is 32.1 Å². The molecule has 0 saturated carbocycles. The minimum absolute atomic E-state index is 0.304. The number of aromatic nitrogens is 1. The van der Waals surface area contributed by atoms with Crippen molar-refractivity contribution in [3.63, 3.8) is 0 Å². The first-order chi connectivity index (χ1) is 15.8. The van der Waals surface area contributed by atoms with Gasteiger partial charge >= 0.3 is 11.9 Å². The molecule has 166 valence electrons. The van der Waals surface area contributed by atoms with E-state index in [1.165, 1.54) is 0 Å². The van der Waals surface area contributed by atoms with E-state index in [1.807, 2.05) is 42.5 Å². The van der Waals surface area contributed by atoms with Crippen LogP contribution in [0, 0.1) is 11.8 Å². The molecule has 1 heterocycles. The fourth-order valence-corrected chi connectivity index (χ4v) is 5.41. The van der Waals surface area contributed by atoms with E-state index in [0.29, 0.717) is 12.8 Å². The van der Waals surface area contributed by atoms with Crippen LogP contribution in [0.15, 0.2) is 66.7 Å². The quantitative estimate of drug-likeness (QED) is 0.392. The van der Waals surface area contributed by atoms with Gasteiger partial charge in [-0.15, -0.1) is 0 Å². The number of carboxylic acids is 2. The number of rotatable bonds is 6. The highest BCUT2D eigenvalue weighted by molar-refractivity contribution is 5.95. The van der Waals surface area contributed by atoms with E-state index in [0.717, 1.165) is 44.1 Å². The highest BCUT2D eigenvalue weighted by Crippen LogP contribution is 2.55. The maximum absolute atomic E-state index is 12.0. The Morgan fingerprint density at radius 2 is 1.30 bits per heavy atom. The Kier molecular flexibility index (Phi) is 4.93. The van der Waals surface area contributed by atoms with Gasteiger partial charge in [-0.3, -0.25) is 9.59 Å². The molecule has 0 bridgehead atoms. The maximum Gasteiger partial charge on any atom is 0.306 e. The molecule has 1 aliphatic rings. The lowest BCUT2D eigenvalue weighted by atomic mass is 9.67. The van der Waals surface area contributed by atoms with Gasteiger partial charge in [0, 0.05) is 16.4 Å². The monoisotopic (exact) mass is 439 g/mol. The molecule has 4 aromatic rings. The van der Waals surface area contributed by atoms with Crippen LogP contribution in [0.25, 0.3) is 32.9 Å². The summed E-state index contributed by atoms with van der Waals surface area (Å²) in [6.07, 6.45) is 0.608. The van der Waals surface area contributed by atoms with Crippen molar-refractivity contribution in [1.82, 2.24) is 4.98 Å². The molecule has 0 aliphatic heterocycles. The molecule has 0 saturated heterocycles. The molecular weight excluding hydrogens is 414 g/mol. The summed E-state index contributed by atoms with van der Waals surface area (Å²) in [5.74, 6) is -3.07. The van der Waals surface area contributed by atoms with Gasteiger partial charge in [0.05, 0.1) is 23.0 Å². The first-order valence-corrected chi connectivity index (χ1v) is 11.2. The van der Waals surface area contributed by atoms with E-state index >= 15 is 0 Å². The van der Waals surface area contributed by atoms with Gasteiger partial charge in [-0.25, -0.2) is 4.98 Å². The summed E-state index contributed by atoms with van der Waals surface area (Å²) in [7, 11) is 0. The summed E-state index contributed by atoms with van der Waals surface area (Å²) in [5, 5.41) is 22.7. The molecule has 2 unspecified atom stereocenters. The first-order valence-electron chi connectivity index (χ1n) is 11.2. The van der Waals surface area contributed by atoms with E-state index in [4.69, 9.17) is 4.98 Å². The summed E-state index contributed by atoms with van der Waals surface area (Å²) in [6, 6.07) is 22.2. The minimum atomic E-state index is -0.887. The molecule has 0 fully saturated rings. The zero-order chi connectivity index (χ0) is 23.3. The zero-order valence-corrected chi connectivity index (χ0v) is 18.6. The van der Waals surface area contributed by atoms with Crippen LogP contribution in [0.3, 0.4) is 0 Å². The number of para-hydroxylation sites is 1.